The zero-order chi connectivity index (χ0) is 36.3. The van der Waals surface area contributed by atoms with Crippen LogP contribution >= 0.6 is 0 Å². The highest BCUT2D eigenvalue weighted by molar-refractivity contribution is 5.70. The molecule has 0 amide bonds. The quantitative estimate of drug-likeness (QED) is 0.0422. The van der Waals surface area contributed by atoms with Crippen LogP contribution in [0.2, 0.25) is 0 Å². The average Bonchev–Trinajstić information content (AvgIpc) is 3.01. The van der Waals surface area contributed by atoms with Gasteiger partial charge in [-0.2, -0.15) is 0 Å². The van der Waals surface area contributed by atoms with Gasteiger partial charge in [0.15, 0.2) is 0 Å². The zero-order valence-electron chi connectivity index (χ0n) is 31.9. The van der Waals surface area contributed by atoms with Crippen LogP contribution in [0.25, 0.3) is 0 Å². The van der Waals surface area contributed by atoms with Crippen LogP contribution in [-0.2, 0) is 23.9 Å². The van der Waals surface area contributed by atoms with Crippen molar-refractivity contribution in [3.05, 3.63) is 24.3 Å². The molecule has 0 aliphatic carbocycles. The Bertz CT molecular complexity index is 809. The molecule has 0 aromatic rings. The van der Waals surface area contributed by atoms with Gasteiger partial charge >= 0.3 is 17.9 Å². The Hall–Kier alpha value is -2.19. The Morgan fingerprint density at radius 1 is 0.625 bits per heavy atom. The summed E-state index contributed by atoms with van der Waals surface area (Å²) < 4.78 is 11.3. The second kappa shape index (κ2) is 36.1. The van der Waals surface area contributed by atoms with Gasteiger partial charge in [-0.25, -0.2) is 0 Å². The van der Waals surface area contributed by atoms with E-state index in [-0.39, 0.29) is 36.7 Å². The number of nitrogens with zero attached hydrogens (tertiary/aromatic N) is 1. The first kappa shape index (κ1) is 47.9. The molecule has 8 heteroatoms. The Morgan fingerprint density at radius 2 is 1.15 bits per heavy atom. The largest absolute Gasteiger partial charge is 0.481 e. The first-order chi connectivity index (χ1) is 23.0. The number of aliphatic hydroxyl groups is 1. The lowest BCUT2D eigenvalue weighted by Crippen LogP contribution is -2.20. The van der Waals surface area contributed by atoms with Gasteiger partial charge in [0, 0.05) is 19.3 Å². The topological polar surface area (TPSA) is 113 Å². The van der Waals surface area contributed by atoms with E-state index in [1.165, 1.54) is 25.7 Å². The van der Waals surface area contributed by atoms with E-state index in [0.717, 1.165) is 109 Å². The van der Waals surface area contributed by atoms with E-state index in [1.54, 1.807) is 6.92 Å². The van der Waals surface area contributed by atoms with Crippen LogP contribution in [0.5, 0.6) is 0 Å². The van der Waals surface area contributed by atoms with Crippen molar-refractivity contribution in [2.75, 3.05) is 20.6 Å². The van der Waals surface area contributed by atoms with E-state index in [0.29, 0.717) is 12.8 Å². The summed E-state index contributed by atoms with van der Waals surface area (Å²) in [6, 6.07) is 0. The second-order valence-corrected chi connectivity index (χ2v) is 13.5. The number of hydrogen-bond donors (Lipinski definition) is 2. The lowest BCUT2D eigenvalue weighted by molar-refractivity contribution is -0.150. The number of carboxylic acid groups (broad SMARTS) is 1. The van der Waals surface area contributed by atoms with Gasteiger partial charge in [-0.3, -0.25) is 14.4 Å². The molecule has 0 bridgehead atoms. The van der Waals surface area contributed by atoms with Crippen molar-refractivity contribution in [1.29, 1.82) is 0 Å². The second-order valence-electron chi connectivity index (χ2n) is 13.5. The molecule has 0 saturated carbocycles. The molecule has 2 N–H and O–H groups in total. The van der Waals surface area contributed by atoms with Gasteiger partial charge in [0.25, 0.3) is 0 Å². The highest BCUT2D eigenvalue weighted by Crippen LogP contribution is 2.18. The molecule has 8 nitrogen and oxygen atoms in total. The van der Waals surface area contributed by atoms with Crippen LogP contribution in [0.3, 0.4) is 0 Å². The van der Waals surface area contributed by atoms with Gasteiger partial charge < -0.3 is 24.6 Å². The number of aliphatic carboxylic acids is 1. The number of unbranched alkanes of at least 4 members (excludes halogenated alkanes) is 13. The van der Waals surface area contributed by atoms with E-state index in [9.17, 15) is 14.4 Å². The molecule has 0 heterocycles. The number of aliphatic hydroxyl groups excluding tert-OH is 1. The fourth-order valence-electron chi connectivity index (χ4n) is 5.14. The zero-order valence-corrected chi connectivity index (χ0v) is 31.9. The van der Waals surface area contributed by atoms with Crippen LogP contribution < -0.4 is 0 Å². The van der Waals surface area contributed by atoms with Crippen molar-refractivity contribution in [2.45, 2.75) is 194 Å². The third-order valence-electron chi connectivity index (χ3n) is 7.93. The maximum Gasteiger partial charge on any atom is 0.306 e. The lowest BCUT2D eigenvalue weighted by Gasteiger charge is -2.18. The minimum absolute atomic E-state index is 0.0398. The summed E-state index contributed by atoms with van der Waals surface area (Å²) in [5.41, 5.74) is 0. The van der Waals surface area contributed by atoms with E-state index in [1.807, 2.05) is 39.2 Å². The summed E-state index contributed by atoms with van der Waals surface area (Å²) in [5, 5.41) is 17.4. The van der Waals surface area contributed by atoms with Crippen molar-refractivity contribution in [1.82, 2.24) is 4.90 Å². The van der Waals surface area contributed by atoms with E-state index in [4.69, 9.17) is 19.7 Å². The van der Waals surface area contributed by atoms with E-state index >= 15 is 0 Å². The lowest BCUT2D eigenvalue weighted by atomic mass is 10.0. The van der Waals surface area contributed by atoms with Gasteiger partial charge in [-0.1, -0.05) is 96.3 Å². The SMILES string of the molecule is CCC/C=C\C(C)O.CCCCCC/C=C\C(C)OC(=O)CCCCCCCC(CCCCCCCC(=O)O)OC(=O)CCCN(C)C. The highest BCUT2D eigenvalue weighted by Gasteiger charge is 2.14. The monoisotopic (exact) mass is 682 g/mol. The number of ether oxygens (including phenoxy) is 2. The molecule has 0 aliphatic rings. The number of carbonyl (C=O) groups is 3. The van der Waals surface area contributed by atoms with E-state index < -0.39 is 5.97 Å². The Morgan fingerprint density at radius 3 is 1.71 bits per heavy atom. The predicted octanol–water partition coefficient (Wildman–Crippen LogP) is 9.97. The predicted molar refractivity (Wildman–Crippen MR) is 199 cm³/mol. The highest BCUT2D eigenvalue weighted by atomic mass is 16.5. The molecule has 0 fully saturated rings. The summed E-state index contributed by atoms with van der Waals surface area (Å²) in [6.45, 7) is 8.88. The maximum atomic E-state index is 12.4. The summed E-state index contributed by atoms with van der Waals surface area (Å²) >= 11 is 0. The summed E-state index contributed by atoms with van der Waals surface area (Å²) in [4.78, 5) is 37.2. The van der Waals surface area contributed by atoms with Crippen molar-refractivity contribution < 1.29 is 34.1 Å². The summed E-state index contributed by atoms with van der Waals surface area (Å²) in [7, 11) is 4.01. The van der Waals surface area contributed by atoms with Crippen LogP contribution in [-0.4, -0.2) is 72.0 Å². The van der Waals surface area contributed by atoms with Crippen LogP contribution in [0, 0.1) is 0 Å². The number of allylic oxidation sites excluding steroid dienone is 2. The fourth-order valence-corrected chi connectivity index (χ4v) is 5.14. The Kier molecular flexibility index (Phi) is 36.0. The molecule has 0 aliphatic heterocycles. The third-order valence-corrected chi connectivity index (χ3v) is 7.93. The first-order valence-corrected chi connectivity index (χ1v) is 19.3. The maximum absolute atomic E-state index is 12.4. The number of esters is 2. The summed E-state index contributed by atoms with van der Waals surface area (Å²) in [5.74, 6) is -0.952. The molecular weight excluding hydrogens is 606 g/mol. The molecule has 3 atom stereocenters. The molecule has 3 unspecified atom stereocenters. The summed E-state index contributed by atoms with van der Waals surface area (Å²) in [6.07, 6.45) is 29.1. The van der Waals surface area contributed by atoms with Gasteiger partial charge in [-0.15, -0.1) is 0 Å². The first-order valence-electron chi connectivity index (χ1n) is 19.3. The smallest absolute Gasteiger partial charge is 0.306 e. The van der Waals surface area contributed by atoms with Gasteiger partial charge in [0.1, 0.15) is 12.2 Å². The minimum atomic E-state index is -0.730. The van der Waals surface area contributed by atoms with Crippen LogP contribution in [0.4, 0.5) is 0 Å². The van der Waals surface area contributed by atoms with Gasteiger partial charge in [0.2, 0.25) is 0 Å². The van der Waals surface area contributed by atoms with Crippen molar-refractivity contribution in [3.8, 4) is 0 Å². The molecule has 0 radical (unpaired) electrons. The van der Waals surface area contributed by atoms with E-state index in [2.05, 4.69) is 24.8 Å². The van der Waals surface area contributed by atoms with Gasteiger partial charge in [-0.05, 0) is 105 Å². The van der Waals surface area contributed by atoms with Crippen LogP contribution in [0.1, 0.15) is 175 Å². The number of carbonyl (C=O) groups excluding carboxylic acids is 2. The Balaban J connectivity index is 0. The molecule has 0 saturated heterocycles. The fraction of sp³-hybridized carbons (Fsp3) is 0.825. The molecule has 0 spiro atoms. The molecule has 0 rings (SSSR count). The van der Waals surface area contributed by atoms with Gasteiger partial charge in [0.05, 0.1) is 6.10 Å². The molecular formula is C40H75NO7. The Labute approximate surface area is 295 Å². The number of hydrogen-bond acceptors (Lipinski definition) is 7. The molecule has 0 aromatic carbocycles. The number of rotatable bonds is 31. The van der Waals surface area contributed by atoms with Crippen molar-refractivity contribution in [2.24, 2.45) is 0 Å². The normalized spacial score (nSPS) is 13.3. The average molecular weight is 682 g/mol. The standard InChI is InChI=1S/C33H61NO6.C7H14O/c1-5-6-7-8-11-16-22-29(2)39-32(37)26-20-15-10-13-18-24-30(40-33(38)27-21-28-34(3)4)23-17-12-9-14-19-25-31(35)36;1-3-4-5-6-7(2)8/h16,22,29-30H,5-15,17-21,23-28H2,1-4H3,(H,35,36);5-8H,3-4H2,1-2H3/b22-16-;6-5-. The van der Waals surface area contributed by atoms with Crippen molar-refractivity contribution >= 4 is 17.9 Å². The third kappa shape index (κ3) is 40.0. The molecule has 0 aromatic heterocycles. The number of carboxylic acids is 1. The van der Waals surface area contributed by atoms with Crippen LogP contribution in [0.15, 0.2) is 24.3 Å². The minimum Gasteiger partial charge on any atom is -0.481 e. The van der Waals surface area contributed by atoms with Crippen molar-refractivity contribution in [3.63, 3.8) is 0 Å². The molecule has 48 heavy (non-hydrogen) atoms. The molecule has 282 valence electrons.